The number of aliphatic hydroxyl groups is 1. The molecular formula is C20H22N2O2. The first-order valence-electron chi connectivity index (χ1n) is 8.30. The maximum Gasteiger partial charge on any atom is 0.157 e. The molecule has 1 N–H and O–H groups in total. The second-order valence-electron chi connectivity index (χ2n) is 6.96. The molecule has 0 amide bonds. The van der Waals surface area contributed by atoms with Crippen LogP contribution >= 0.6 is 0 Å². The summed E-state index contributed by atoms with van der Waals surface area (Å²) in [7, 11) is 3.99. The number of aromatic nitrogens is 1. The molecule has 24 heavy (non-hydrogen) atoms. The molecule has 0 spiro atoms. The van der Waals surface area contributed by atoms with Crippen molar-refractivity contribution in [1.82, 2.24) is 9.47 Å². The van der Waals surface area contributed by atoms with Crippen molar-refractivity contribution in [3.8, 4) is 0 Å². The lowest BCUT2D eigenvalue weighted by molar-refractivity contribution is -0.114. The Hall–Kier alpha value is -2.33. The molecule has 4 heteroatoms. The Morgan fingerprint density at radius 2 is 2.00 bits per heavy atom. The summed E-state index contributed by atoms with van der Waals surface area (Å²) < 4.78 is 2.09. The van der Waals surface area contributed by atoms with Gasteiger partial charge in [0.25, 0.3) is 0 Å². The summed E-state index contributed by atoms with van der Waals surface area (Å²) in [6.45, 7) is 5.93. The van der Waals surface area contributed by atoms with Crippen molar-refractivity contribution in [3.05, 3.63) is 59.4 Å². The number of hydrogen-bond donors (Lipinski definition) is 1. The number of rotatable bonds is 1. The van der Waals surface area contributed by atoms with Gasteiger partial charge in [0.15, 0.2) is 5.78 Å². The Morgan fingerprint density at radius 1 is 1.29 bits per heavy atom. The molecule has 0 fully saturated rings. The van der Waals surface area contributed by atoms with Crippen LogP contribution in [0.1, 0.15) is 36.7 Å². The number of Topliss-reactive ketones (excluding diaryl/α,β-unsaturated/α-hetero) is 1. The normalized spacial score (nSPS) is 26.2. The van der Waals surface area contributed by atoms with Gasteiger partial charge in [-0.3, -0.25) is 4.79 Å². The lowest BCUT2D eigenvalue weighted by Crippen LogP contribution is -2.31. The maximum atomic E-state index is 12.1. The minimum absolute atomic E-state index is 0.0173. The predicted octanol–water partition coefficient (Wildman–Crippen LogP) is 3.25. The third-order valence-electron chi connectivity index (χ3n) is 5.57. The van der Waals surface area contributed by atoms with E-state index in [1.54, 1.807) is 6.92 Å². The SMILES string of the molecule is C=C1[C@H]2C[C@H](O)c3c(c4ccccc4n3C)[C@@H]1N(C)C=C2C(C)=O. The van der Waals surface area contributed by atoms with Crippen molar-refractivity contribution in [2.45, 2.75) is 25.5 Å². The quantitative estimate of drug-likeness (QED) is 0.820. The third kappa shape index (κ3) is 1.86. The molecule has 1 aliphatic carbocycles. The van der Waals surface area contributed by atoms with Crippen molar-refractivity contribution in [2.75, 3.05) is 7.05 Å². The molecule has 124 valence electrons. The molecule has 2 aliphatic rings. The molecule has 2 aromatic rings. The Balaban J connectivity index is 2.04. The molecule has 0 radical (unpaired) electrons. The summed E-state index contributed by atoms with van der Waals surface area (Å²) in [6.07, 6.45) is 1.83. The smallest absolute Gasteiger partial charge is 0.157 e. The van der Waals surface area contributed by atoms with Crippen LogP contribution in [0.4, 0.5) is 0 Å². The minimum Gasteiger partial charge on any atom is -0.387 e. The van der Waals surface area contributed by atoms with Gasteiger partial charge in [-0.2, -0.15) is 0 Å². The number of carbonyl (C=O) groups is 1. The molecule has 3 atom stereocenters. The van der Waals surface area contributed by atoms with Crippen LogP contribution in [-0.2, 0) is 11.8 Å². The van der Waals surface area contributed by atoms with E-state index in [2.05, 4.69) is 28.2 Å². The van der Waals surface area contributed by atoms with Crippen LogP contribution in [-0.4, -0.2) is 27.4 Å². The van der Waals surface area contributed by atoms with Crippen LogP contribution in [0.2, 0.25) is 0 Å². The van der Waals surface area contributed by atoms with Crippen LogP contribution in [0, 0.1) is 5.92 Å². The number of para-hydroxylation sites is 1. The van der Waals surface area contributed by atoms with Crippen LogP contribution in [0.5, 0.6) is 0 Å². The summed E-state index contributed by atoms with van der Waals surface area (Å²) >= 11 is 0. The van der Waals surface area contributed by atoms with Crippen molar-refractivity contribution < 1.29 is 9.90 Å². The number of aliphatic hydroxyl groups excluding tert-OH is 1. The number of fused-ring (bicyclic) bond motifs is 6. The van der Waals surface area contributed by atoms with E-state index >= 15 is 0 Å². The zero-order valence-electron chi connectivity index (χ0n) is 14.3. The predicted molar refractivity (Wildman–Crippen MR) is 94.4 cm³/mol. The summed E-state index contributed by atoms with van der Waals surface area (Å²) in [5.74, 6) is -0.0423. The molecule has 1 aromatic carbocycles. The van der Waals surface area contributed by atoms with E-state index in [1.165, 1.54) is 0 Å². The second kappa shape index (κ2) is 5.08. The van der Waals surface area contributed by atoms with Crippen LogP contribution < -0.4 is 0 Å². The first kappa shape index (κ1) is 15.2. The fourth-order valence-corrected chi connectivity index (χ4v) is 4.51. The lowest BCUT2D eigenvalue weighted by atomic mass is 9.80. The zero-order chi connectivity index (χ0) is 17.2. The van der Waals surface area contributed by atoms with Gasteiger partial charge < -0.3 is 14.6 Å². The van der Waals surface area contributed by atoms with E-state index in [0.717, 1.165) is 33.3 Å². The van der Waals surface area contributed by atoms with Gasteiger partial charge >= 0.3 is 0 Å². The highest BCUT2D eigenvalue weighted by molar-refractivity contribution is 5.95. The Labute approximate surface area is 141 Å². The summed E-state index contributed by atoms with van der Waals surface area (Å²) in [6, 6.07) is 8.21. The van der Waals surface area contributed by atoms with Gasteiger partial charge in [0, 0.05) is 48.3 Å². The summed E-state index contributed by atoms with van der Waals surface area (Å²) in [5.41, 5.74) is 4.92. The standard InChI is InChI=1S/C20H22N2O2/c1-11-14-9-17(24)20-18(13-7-5-6-8-16(13)22(20)4)19(11)21(3)10-15(14)12(2)23/h5-8,10,14,17,19,24H,1,9H2,2-4H3/t14-,17+,19-/m1/s1. The third-order valence-corrected chi connectivity index (χ3v) is 5.57. The van der Waals surface area contributed by atoms with Gasteiger partial charge in [-0.1, -0.05) is 24.8 Å². The number of ketones is 1. The molecule has 0 saturated carbocycles. The van der Waals surface area contributed by atoms with Crippen molar-refractivity contribution in [3.63, 3.8) is 0 Å². The van der Waals surface area contributed by atoms with Gasteiger partial charge in [-0.25, -0.2) is 0 Å². The Morgan fingerprint density at radius 3 is 2.71 bits per heavy atom. The van der Waals surface area contributed by atoms with E-state index in [9.17, 15) is 9.90 Å². The van der Waals surface area contributed by atoms with Gasteiger partial charge in [0.2, 0.25) is 0 Å². The topological polar surface area (TPSA) is 45.5 Å². The molecule has 2 heterocycles. The first-order valence-corrected chi connectivity index (χ1v) is 8.30. The van der Waals surface area contributed by atoms with E-state index in [1.807, 2.05) is 32.4 Å². The van der Waals surface area contributed by atoms with E-state index < -0.39 is 6.10 Å². The number of likely N-dealkylation sites (N-methyl/N-ethyl adjacent to an activating group) is 1. The highest BCUT2D eigenvalue weighted by Crippen LogP contribution is 2.50. The molecule has 4 rings (SSSR count). The minimum atomic E-state index is -0.613. The van der Waals surface area contributed by atoms with Crippen molar-refractivity contribution in [1.29, 1.82) is 0 Å². The van der Waals surface area contributed by atoms with Crippen LogP contribution in [0.3, 0.4) is 0 Å². The average Bonchev–Trinajstić information content (AvgIpc) is 2.79. The van der Waals surface area contributed by atoms with Gasteiger partial charge in [0.1, 0.15) is 0 Å². The molecule has 4 nitrogen and oxygen atoms in total. The lowest BCUT2D eigenvalue weighted by Gasteiger charge is -2.37. The molecule has 1 aromatic heterocycles. The van der Waals surface area contributed by atoms with Crippen LogP contribution in [0.15, 0.2) is 48.2 Å². The molecule has 0 saturated heterocycles. The Kier molecular flexibility index (Phi) is 3.22. The van der Waals surface area contributed by atoms with Crippen LogP contribution in [0.25, 0.3) is 10.9 Å². The monoisotopic (exact) mass is 322 g/mol. The maximum absolute atomic E-state index is 12.1. The second-order valence-corrected chi connectivity index (χ2v) is 6.96. The highest BCUT2D eigenvalue weighted by Gasteiger charge is 2.42. The zero-order valence-corrected chi connectivity index (χ0v) is 14.3. The molecular weight excluding hydrogens is 300 g/mol. The first-order chi connectivity index (χ1) is 11.4. The number of carbonyl (C=O) groups excluding carboxylic acids is 1. The molecule has 1 aliphatic heterocycles. The number of benzene rings is 1. The summed E-state index contributed by atoms with van der Waals surface area (Å²) in [4.78, 5) is 14.1. The van der Waals surface area contributed by atoms with E-state index in [-0.39, 0.29) is 17.7 Å². The number of aryl methyl sites for hydroxylation is 1. The van der Waals surface area contributed by atoms with Gasteiger partial charge in [-0.05, 0) is 25.0 Å². The molecule has 2 bridgehead atoms. The van der Waals surface area contributed by atoms with Crippen molar-refractivity contribution in [2.24, 2.45) is 13.0 Å². The van der Waals surface area contributed by atoms with Crippen molar-refractivity contribution >= 4 is 16.7 Å². The number of hydrogen-bond acceptors (Lipinski definition) is 3. The fourth-order valence-electron chi connectivity index (χ4n) is 4.51. The van der Waals surface area contributed by atoms with Gasteiger partial charge in [0.05, 0.1) is 17.8 Å². The largest absolute Gasteiger partial charge is 0.387 e. The Bertz CT molecular complexity index is 906. The van der Waals surface area contributed by atoms with E-state index in [4.69, 9.17) is 0 Å². The van der Waals surface area contributed by atoms with Gasteiger partial charge in [-0.15, -0.1) is 0 Å². The summed E-state index contributed by atoms with van der Waals surface area (Å²) in [5, 5.41) is 12.1. The fraction of sp³-hybridized carbons (Fsp3) is 0.350. The van der Waals surface area contributed by atoms with E-state index in [0.29, 0.717) is 6.42 Å². The molecule has 0 unspecified atom stereocenters. The number of allylic oxidation sites excluding steroid dienone is 1. The number of nitrogens with zero attached hydrogens (tertiary/aromatic N) is 2. The highest BCUT2D eigenvalue weighted by atomic mass is 16.3. The average molecular weight is 322 g/mol.